The number of aliphatic hydroxyl groups excluding tert-OH is 1. The van der Waals surface area contributed by atoms with Crippen molar-refractivity contribution in [3.05, 3.63) is 11.3 Å². The minimum absolute atomic E-state index is 0.254. The molecule has 0 atom stereocenters. The first-order valence-electron chi connectivity index (χ1n) is 4.34. The molecule has 84 valence electrons. The topological polar surface area (TPSA) is 86.6 Å². The van der Waals surface area contributed by atoms with Crippen molar-refractivity contribution in [1.82, 2.24) is 5.32 Å². The average Bonchev–Trinajstić information content (AvgIpc) is 2.01. The molecule has 0 radical (unpaired) electrons. The number of rotatable bonds is 6. The summed E-state index contributed by atoms with van der Waals surface area (Å²) in [4.78, 5) is 0. The molecule has 0 fully saturated rings. The predicted molar refractivity (Wildman–Crippen MR) is 54.9 cm³/mol. The highest BCUT2D eigenvalue weighted by Crippen LogP contribution is 1.96. The summed E-state index contributed by atoms with van der Waals surface area (Å²) in [7, 11) is -3.86. The number of hydrogen-bond acceptors (Lipinski definition) is 4. The number of aliphatic hydroxyl groups is 1. The second-order valence-electron chi connectivity index (χ2n) is 3.26. The third kappa shape index (κ3) is 8.03. The molecule has 0 saturated carbocycles. The summed E-state index contributed by atoms with van der Waals surface area (Å²) >= 11 is 0. The molecule has 6 heteroatoms. The van der Waals surface area contributed by atoms with Crippen LogP contribution in [0.2, 0.25) is 0 Å². The molecule has 0 unspecified atom stereocenters. The van der Waals surface area contributed by atoms with Crippen LogP contribution in [0.5, 0.6) is 0 Å². The Hall–Kier alpha value is -0.590. The van der Waals surface area contributed by atoms with Gasteiger partial charge in [0.05, 0.1) is 12.3 Å². The summed E-state index contributed by atoms with van der Waals surface area (Å²) in [5.74, 6) is 0.00660. The van der Waals surface area contributed by atoms with Gasteiger partial charge in [0.2, 0.25) is 0 Å². The lowest BCUT2D eigenvalue weighted by atomic mass is 10.3. The second-order valence-corrected chi connectivity index (χ2v) is 4.84. The third-order valence-corrected chi connectivity index (χ3v) is 2.43. The fourth-order valence-corrected chi connectivity index (χ4v) is 1.27. The summed E-state index contributed by atoms with van der Waals surface area (Å²) in [6.07, 6.45) is 0.328. The van der Waals surface area contributed by atoms with E-state index in [1.807, 2.05) is 0 Å². The molecular formula is C8H17NO4S. The third-order valence-electron chi connectivity index (χ3n) is 1.63. The molecule has 0 aliphatic rings. The van der Waals surface area contributed by atoms with Crippen LogP contribution in [0, 0.1) is 0 Å². The summed E-state index contributed by atoms with van der Waals surface area (Å²) in [6.45, 7) is 4.34. The average molecular weight is 223 g/mol. The van der Waals surface area contributed by atoms with Crippen LogP contribution in [0.3, 0.4) is 0 Å². The predicted octanol–water partition coefficient (Wildman–Crippen LogP) is 0.706. The number of hydrogen-bond donors (Lipinski definition) is 3. The molecule has 0 aromatic heterocycles. The Morgan fingerprint density at radius 1 is 1.36 bits per heavy atom. The van der Waals surface area contributed by atoms with E-state index in [0.717, 1.165) is 5.57 Å². The molecule has 5 nitrogen and oxygen atoms in total. The molecule has 0 aromatic rings. The summed E-state index contributed by atoms with van der Waals surface area (Å²) in [5, 5.41) is 12.1. The van der Waals surface area contributed by atoms with Gasteiger partial charge in [-0.1, -0.05) is 0 Å². The van der Waals surface area contributed by atoms with Crippen molar-refractivity contribution in [2.24, 2.45) is 0 Å². The van der Waals surface area contributed by atoms with Crippen molar-refractivity contribution in [2.75, 3.05) is 18.8 Å². The van der Waals surface area contributed by atoms with E-state index < -0.39 is 10.1 Å². The first-order chi connectivity index (χ1) is 6.33. The van der Waals surface area contributed by atoms with Crippen molar-refractivity contribution in [3.63, 3.8) is 0 Å². The van der Waals surface area contributed by atoms with E-state index in [-0.39, 0.29) is 11.5 Å². The SMILES string of the molecule is CC(C)=C(O)CNCCCS(=O)(=O)O. The van der Waals surface area contributed by atoms with Gasteiger partial charge in [-0.2, -0.15) is 8.42 Å². The lowest BCUT2D eigenvalue weighted by Gasteiger charge is -2.04. The van der Waals surface area contributed by atoms with E-state index in [2.05, 4.69) is 5.32 Å². The minimum Gasteiger partial charge on any atom is -0.511 e. The quantitative estimate of drug-likeness (QED) is 0.350. The minimum atomic E-state index is -3.86. The van der Waals surface area contributed by atoms with E-state index >= 15 is 0 Å². The lowest BCUT2D eigenvalue weighted by molar-refractivity contribution is 0.382. The van der Waals surface area contributed by atoms with Crippen molar-refractivity contribution in [1.29, 1.82) is 0 Å². The van der Waals surface area contributed by atoms with Gasteiger partial charge in [-0.3, -0.25) is 4.55 Å². The first kappa shape index (κ1) is 13.4. The van der Waals surface area contributed by atoms with Crippen LogP contribution in [0.15, 0.2) is 11.3 Å². The summed E-state index contributed by atoms with van der Waals surface area (Å²) < 4.78 is 29.0. The van der Waals surface area contributed by atoms with Crippen LogP contribution >= 0.6 is 0 Å². The summed E-state index contributed by atoms with van der Waals surface area (Å²) in [6, 6.07) is 0. The van der Waals surface area contributed by atoms with Gasteiger partial charge in [-0.05, 0) is 32.4 Å². The Balaban J connectivity index is 3.54. The molecular weight excluding hydrogens is 206 g/mol. The Labute approximate surface area is 84.6 Å². The van der Waals surface area contributed by atoms with Crippen LogP contribution in [-0.2, 0) is 10.1 Å². The largest absolute Gasteiger partial charge is 0.511 e. The maximum absolute atomic E-state index is 10.3. The second kappa shape index (κ2) is 6.00. The molecule has 14 heavy (non-hydrogen) atoms. The zero-order chi connectivity index (χ0) is 11.2. The smallest absolute Gasteiger partial charge is 0.264 e. The van der Waals surface area contributed by atoms with Gasteiger partial charge in [0.1, 0.15) is 5.76 Å². The molecule has 0 heterocycles. The first-order valence-corrected chi connectivity index (χ1v) is 5.95. The maximum atomic E-state index is 10.3. The lowest BCUT2D eigenvalue weighted by Crippen LogP contribution is -2.21. The number of allylic oxidation sites excluding steroid dienone is 1. The van der Waals surface area contributed by atoms with E-state index in [1.54, 1.807) is 13.8 Å². The zero-order valence-corrected chi connectivity index (χ0v) is 9.26. The van der Waals surface area contributed by atoms with Crippen LogP contribution in [0.1, 0.15) is 20.3 Å². The number of nitrogens with one attached hydrogen (secondary N) is 1. The zero-order valence-electron chi connectivity index (χ0n) is 8.45. The van der Waals surface area contributed by atoms with Crippen LogP contribution in [-0.4, -0.2) is 36.9 Å². The molecule has 0 saturated heterocycles. The molecule has 0 amide bonds. The Morgan fingerprint density at radius 3 is 2.36 bits per heavy atom. The normalized spacial score (nSPS) is 11.4. The van der Waals surface area contributed by atoms with E-state index in [0.29, 0.717) is 19.5 Å². The molecule has 0 spiro atoms. The van der Waals surface area contributed by atoms with Crippen LogP contribution in [0.4, 0.5) is 0 Å². The van der Waals surface area contributed by atoms with Crippen LogP contribution in [0.25, 0.3) is 0 Å². The van der Waals surface area contributed by atoms with Gasteiger partial charge in [-0.25, -0.2) is 0 Å². The Morgan fingerprint density at radius 2 is 1.93 bits per heavy atom. The molecule has 3 N–H and O–H groups in total. The van der Waals surface area contributed by atoms with Crippen molar-refractivity contribution >= 4 is 10.1 Å². The highest BCUT2D eigenvalue weighted by Gasteiger charge is 2.03. The fraction of sp³-hybridized carbons (Fsp3) is 0.750. The van der Waals surface area contributed by atoms with Crippen molar-refractivity contribution < 1.29 is 18.1 Å². The molecule has 0 bridgehead atoms. The van der Waals surface area contributed by atoms with Gasteiger partial charge >= 0.3 is 0 Å². The molecule has 0 aromatic carbocycles. The summed E-state index contributed by atoms with van der Waals surface area (Å²) in [5.41, 5.74) is 0.826. The highest BCUT2D eigenvalue weighted by atomic mass is 32.2. The van der Waals surface area contributed by atoms with E-state index in [4.69, 9.17) is 4.55 Å². The Kier molecular flexibility index (Phi) is 5.75. The van der Waals surface area contributed by atoms with Crippen molar-refractivity contribution in [3.8, 4) is 0 Å². The Bertz CT molecular complexity index is 290. The standard InChI is InChI=1S/C8H17NO4S/c1-7(2)8(10)6-9-4-3-5-14(11,12)13/h9-10H,3-6H2,1-2H3,(H,11,12,13). The van der Waals surface area contributed by atoms with Gasteiger partial charge in [-0.15, -0.1) is 0 Å². The van der Waals surface area contributed by atoms with Gasteiger partial charge < -0.3 is 10.4 Å². The fourth-order valence-electron chi connectivity index (χ4n) is 0.763. The highest BCUT2D eigenvalue weighted by molar-refractivity contribution is 7.85. The maximum Gasteiger partial charge on any atom is 0.264 e. The van der Waals surface area contributed by atoms with Gasteiger partial charge in [0.25, 0.3) is 10.1 Å². The van der Waals surface area contributed by atoms with E-state index in [9.17, 15) is 13.5 Å². The molecule has 0 aliphatic carbocycles. The molecule has 0 rings (SSSR count). The monoisotopic (exact) mass is 223 g/mol. The van der Waals surface area contributed by atoms with E-state index in [1.165, 1.54) is 0 Å². The van der Waals surface area contributed by atoms with Crippen molar-refractivity contribution in [2.45, 2.75) is 20.3 Å². The van der Waals surface area contributed by atoms with Gasteiger partial charge in [0, 0.05) is 0 Å². The molecule has 0 aliphatic heterocycles. The van der Waals surface area contributed by atoms with Gasteiger partial charge in [0.15, 0.2) is 0 Å². The van der Waals surface area contributed by atoms with Crippen LogP contribution < -0.4 is 5.32 Å².